The van der Waals surface area contributed by atoms with E-state index in [0.29, 0.717) is 36.9 Å². The molecule has 2 atom stereocenters. The van der Waals surface area contributed by atoms with Crippen LogP contribution in [0.5, 0.6) is 0 Å². The van der Waals surface area contributed by atoms with Gasteiger partial charge in [-0.1, -0.05) is 13.8 Å². The summed E-state index contributed by atoms with van der Waals surface area (Å²) in [6.45, 7) is 4.95. The lowest BCUT2D eigenvalue weighted by Crippen LogP contribution is -2.42. The van der Waals surface area contributed by atoms with Crippen molar-refractivity contribution in [3.05, 3.63) is 0 Å². The Kier molecular flexibility index (Phi) is 5.62. The molecule has 2 aliphatic heterocycles. The summed E-state index contributed by atoms with van der Waals surface area (Å²) in [5, 5.41) is 6.45. The van der Waals surface area contributed by atoms with Crippen molar-refractivity contribution in [3.63, 3.8) is 0 Å². The third-order valence-corrected chi connectivity index (χ3v) is 4.55. The normalized spacial score (nSPS) is 27.7. The van der Waals surface area contributed by atoms with E-state index in [2.05, 4.69) is 24.5 Å². The van der Waals surface area contributed by atoms with Crippen LogP contribution in [0.25, 0.3) is 0 Å². The summed E-state index contributed by atoms with van der Waals surface area (Å²) in [7, 11) is 1.73. The van der Waals surface area contributed by atoms with Crippen molar-refractivity contribution in [2.24, 2.45) is 11.8 Å². The summed E-state index contributed by atoms with van der Waals surface area (Å²) in [5.41, 5.74) is 0. The van der Waals surface area contributed by atoms with Gasteiger partial charge in [0.15, 0.2) is 0 Å². The van der Waals surface area contributed by atoms with Crippen molar-refractivity contribution in [1.29, 1.82) is 0 Å². The molecule has 2 saturated heterocycles. The average molecular weight is 295 g/mol. The van der Waals surface area contributed by atoms with Crippen molar-refractivity contribution in [1.82, 2.24) is 15.5 Å². The predicted octanol–water partition coefficient (Wildman–Crippen LogP) is 1.14. The van der Waals surface area contributed by atoms with E-state index in [1.165, 1.54) is 12.8 Å². The highest BCUT2D eigenvalue weighted by molar-refractivity contribution is 5.84. The SMILES string of the molecule is CC(C)CNC(=O)CN(C)C(=O)CC1CC2CCC(C1)N2. The summed E-state index contributed by atoms with van der Waals surface area (Å²) in [6.07, 6.45) is 5.31. The van der Waals surface area contributed by atoms with Gasteiger partial charge in [-0.05, 0) is 37.5 Å². The van der Waals surface area contributed by atoms with Crippen LogP contribution in [-0.2, 0) is 9.59 Å². The van der Waals surface area contributed by atoms with Crippen molar-refractivity contribution < 1.29 is 9.59 Å². The Morgan fingerprint density at radius 3 is 2.43 bits per heavy atom. The van der Waals surface area contributed by atoms with E-state index in [-0.39, 0.29) is 18.4 Å². The Balaban J connectivity index is 1.71. The largest absolute Gasteiger partial charge is 0.354 e. The standard InChI is InChI=1S/C16H29N3O2/c1-11(2)9-17-15(20)10-19(3)16(21)8-12-6-13-4-5-14(7-12)18-13/h11-14,18H,4-10H2,1-3H3,(H,17,20). The number of piperidine rings is 1. The molecule has 2 N–H and O–H groups in total. The maximum Gasteiger partial charge on any atom is 0.239 e. The summed E-state index contributed by atoms with van der Waals surface area (Å²) in [6, 6.07) is 1.22. The molecule has 2 unspecified atom stereocenters. The molecule has 0 radical (unpaired) electrons. The van der Waals surface area contributed by atoms with Crippen LogP contribution in [-0.4, -0.2) is 48.9 Å². The van der Waals surface area contributed by atoms with Crippen LogP contribution in [0.4, 0.5) is 0 Å². The Morgan fingerprint density at radius 1 is 1.24 bits per heavy atom. The van der Waals surface area contributed by atoms with Crippen LogP contribution < -0.4 is 10.6 Å². The Labute approximate surface area is 127 Å². The summed E-state index contributed by atoms with van der Waals surface area (Å²) >= 11 is 0. The summed E-state index contributed by atoms with van der Waals surface area (Å²) < 4.78 is 0. The van der Waals surface area contributed by atoms with Gasteiger partial charge < -0.3 is 15.5 Å². The predicted molar refractivity (Wildman–Crippen MR) is 82.8 cm³/mol. The minimum Gasteiger partial charge on any atom is -0.354 e. The van der Waals surface area contributed by atoms with Crippen LogP contribution in [0, 0.1) is 11.8 Å². The number of likely N-dealkylation sites (N-methyl/N-ethyl adjacent to an activating group) is 1. The quantitative estimate of drug-likeness (QED) is 0.772. The maximum atomic E-state index is 12.2. The highest BCUT2D eigenvalue weighted by Gasteiger charge is 2.34. The molecule has 0 aliphatic carbocycles. The highest BCUT2D eigenvalue weighted by Crippen LogP contribution is 2.32. The molecule has 120 valence electrons. The van der Waals surface area contributed by atoms with Crippen molar-refractivity contribution in [2.45, 2.75) is 58.0 Å². The molecule has 2 aliphatic rings. The number of nitrogens with one attached hydrogen (secondary N) is 2. The second-order valence-electron chi connectivity index (χ2n) is 7.13. The summed E-state index contributed by atoms with van der Waals surface area (Å²) in [5.74, 6) is 0.948. The molecular formula is C16H29N3O2. The van der Waals surface area contributed by atoms with Gasteiger partial charge in [0, 0.05) is 32.1 Å². The fraction of sp³-hybridized carbons (Fsp3) is 0.875. The van der Waals surface area contributed by atoms with E-state index in [9.17, 15) is 9.59 Å². The average Bonchev–Trinajstić information content (AvgIpc) is 2.75. The van der Waals surface area contributed by atoms with Crippen molar-refractivity contribution in [2.75, 3.05) is 20.1 Å². The first-order valence-electron chi connectivity index (χ1n) is 8.20. The first kappa shape index (κ1) is 16.3. The molecule has 5 nitrogen and oxygen atoms in total. The molecule has 0 aromatic carbocycles. The molecule has 2 bridgehead atoms. The van der Waals surface area contributed by atoms with E-state index in [4.69, 9.17) is 0 Å². The zero-order valence-corrected chi connectivity index (χ0v) is 13.5. The second-order valence-corrected chi connectivity index (χ2v) is 7.13. The van der Waals surface area contributed by atoms with Gasteiger partial charge in [-0.15, -0.1) is 0 Å². The highest BCUT2D eigenvalue weighted by atomic mass is 16.2. The first-order chi connectivity index (χ1) is 9.94. The van der Waals surface area contributed by atoms with Gasteiger partial charge in [-0.25, -0.2) is 0 Å². The maximum absolute atomic E-state index is 12.2. The summed E-state index contributed by atoms with van der Waals surface area (Å²) in [4.78, 5) is 25.6. The van der Waals surface area contributed by atoms with E-state index in [1.807, 2.05) is 0 Å². The molecule has 2 fully saturated rings. The van der Waals surface area contributed by atoms with E-state index >= 15 is 0 Å². The minimum absolute atomic E-state index is 0.0649. The number of amides is 2. The lowest BCUT2D eigenvalue weighted by Gasteiger charge is -2.29. The molecule has 2 rings (SSSR count). The van der Waals surface area contributed by atoms with E-state index < -0.39 is 0 Å². The topological polar surface area (TPSA) is 61.4 Å². The zero-order chi connectivity index (χ0) is 15.4. The van der Waals surface area contributed by atoms with Gasteiger partial charge in [-0.2, -0.15) is 0 Å². The zero-order valence-electron chi connectivity index (χ0n) is 13.5. The lowest BCUT2D eigenvalue weighted by atomic mass is 9.89. The third-order valence-electron chi connectivity index (χ3n) is 4.55. The number of rotatable bonds is 6. The number of hydrogen-bond donors (Lipinski definition) is 2. The fourth-order valence-corrected chi connectivity index (χ4v) is 3.42. The van der Waals surface area contributed by atoms with Gasteiger partial charge in [0.2, 0.25) is 11.8 Å². The molecule has 5 heteroatoms. The molecular weight excluding hydrogens is 266 g/mol. The molecule has 2 heterocycles. The first-order valence-corrected chi connectivity index (χ1v) is 8.20. The van der Waals surface area contributed by atoms with Crippen LogP contribution in [0.15, 0.2) is 0 Å². The van der Waals surface area contributed by atoms with E-state index in [1.54, 1.807) is 11.9 Å². The fourth-order valence-electron chi connectivity index (χ4n) is 3.42. The Morgan fingerprint density at radius 2 is 1.86 bits per heavy atom. The molecule has 2 amide bonds. The molecule has 0 aromatic heterocycles. The number of fused-ring (bicyclic) bond motifs is 2. The van der Waals surface area contributed by atoms with Crippen molar-refractivity contribution >= 4 is 11.8 Å². The lowest BCUT2D eigenvalue weighted by molar-refractivity contribution is -0.135. The monoisotopic (exact) mass is 295 g/mol. The van der Waals surface area contributed by atoms with Crippen LogP contribution in [0.3, 0.4) is 0 Å². The van der Waals surface area contributed by atoms with E-state index in [0.717, 1.165) is 12.8 Å². The number of hydrogen-bond acceptors (Lipinski definition) is 3. The minimum atomic E-state index is -0.0649. The van der Waals surface area contributed by atoms with Crippen LogP contribution in [0.2, 0.25) is 0 Å². The van der Waals surface area contributed by atoms with Crippen LogP contribution in [0.1, 0.15) is 46.0 Å². The number of carbonyl (C=O) groups excluding carboxylic acids is 2. The molecule has 21 heavy (non-hydrogen) atoms. The molecule has 0 spiro atoms. The Bertz CT molecular complexity index is 372. The Hall–Kier alpha value is -1.10. The van der Waals surface area contributed by atoms with Gasteiger partial charge in [0.1, 0.15) is 0 Å². The second kappa shape index (κ2) is 7.25. The molecule has 0 saturated carbocycles. The van der Waals surface area contributed by atoms with Gasteiger partial charge in [-0.3, -0.25) is 9.59 Å². The van der Waals surface area contributed by atoms with Gasteiger partial charge in [0.25, 0.3) is 0 Å². The number of carbonyl (C=O) groups is 2. The smallest absolute Gasteiger partial charge is 0.239 e. The third kappa shape index (κ3) is 4.99. The van der Waals surface area contributed by atoms with Gasteiger partial charge >= 0.3 is 0 Å². The number of nitrogens with zero attached hydrogens (tertiary/aromatic N) is 1. The molecule has 0 aromatic rings. The van der Waals surface area contributed by atoms with Crippen molar-refractivity contribution in [3.8, 4) is 0 Å². The van der Waals surface area contributed by atoms with Crippen LogP contribution >= 0.6 is 0 Å². The van der Waals surface area contributed by atoms with Gasteiger partial charge in [0.05, 0.1) is 6.54 Å².